The third-order valence-corrected chi connectivity index (χ3v) is 5.70. The maximum absolute atomic E-state index is 15.1. The predicted octanol–water partition coefficient (Wildman–Crippen LogP) is 5.57. The van der Waals surface area contributed by atoms with Gasteiger partial charge in [-0.15, -0.1) is 0 Å². The second-order valence-electron chi connectivity index (χ2n) is 10.7. The zero-order valence-electron chi connectivity index (χ0n) is 21.7. The third-order valence-electron chi connectivity index (χ3n) is 5.70. The normalized spacial score (nSPS) is 15.1. The molecular weight excluding hydrogens is 449 g/mol. The molecule has 1 aromatic carbocycles. The van der Waals surface area contributed by atoms with Gasteiger partial charge in [-0.3, -0.25) is 9.78 Å². The lowest BCUT2D eigenvalue weighted by Crippen LogP contribution is -2.52. The van der Waals surface area contributed by atoms with Crippen molar-refractivity contribution in [1.29, 1.82) is 0 Å². The number of hydrogen-bond acceptors (Lipinski definition) is 5. The largest absolute Gasteiger partial charge is 0.488 e. The van der Waals surface area contributed by atoms with Gasteiger partial charge in [0.25, 0.3) is 5.91 Å². The molecule has 1 aliphatic rings. The molecule has 0 saturated heterocycles. The number of amides is 2. The van der Waals surface area contributed by atoms with Crippen molar-refractivity contribution in [2.75, 3.05) is 13.2 Å². The Labute approximate surface area is 207 Å². The molecule has 190 valence electrons. The fourth-order valence-corrected chi connectivity index (χ4v) is 4.39. The molecule has 1 aliphatic heterocycles. The molecule has 8 heteroatoms. The van der Waals surface area contributed by atoms with E-state index in [0.29, 0.717) is 41.9 Å². The number of fused-ring (bicyclic) bond motifs is 1. The summed E-state index contributed by atoms with van der Waals surface area (Å²) in [5, 5.41) is 2.89. The van der Waals surface area contributed by atoms with Crippen molar-refractivity contribution < 1.29 is 23.5 Å². The van der Waals surface area contributed by atoms with E-state index in [1.54, 1.807) is 50.1 Å². The Bertz CT molecular complexity index is 1100. The van der Waals surface area contributed by atoms with E-state index < -0.39 is 23.1 Å². The monoisotopic (exact) mass is 485 g/mol. The van der Waals surface area contributed by atoms with E-state index in [2.05, 4.69) is 10.3 Å². The van der Waals surface area contributed by atoms with Crippen LogP contribution in [-0.2, 0) is 11.3 Å². The molecule has 0 bridgehead atoms. The van der Waals surface area contributed by atoms with Gasteiger partial charge in [-0.05, 0) is 76.3 Å². The molecule has 1 atom stereocenters. The predicted molar refractivity (Wildman–Crippen MR) is 133 cm³/mol. The van der Waals surface area contributed by atoms with Crippen LogP contribution in [0.4, 0.5) is 9.18 Å². The Morgan fingerprint density at radius 2 is 1.94 bits per heavy atom. The maximum Gasteiger partial charge on any atom is 0.408 e. The summed E-state index contributed by atoms with van der Waals surface area (Å²) in [6.45, 7) is 14.4. The Balaban J connectivity index is 1.79. The van der Waals surface area contributed by atoms with Crippen molar-refractivity contribution in [3.05, 3.63) is 47.5 Å². The third kappa shape index (κ3) is 6.50. The van der Waals surface area contributed by atoms with Crippen LogP contribution in [0.15, 0.2) is 30.5 Å². The fourth-order valence-electron chi connectivity index (χ4n) is 4.39. The van der Waals surface area contributed by atoms with E-state index in [4.69, 9.17) is 9.47 Å². The number of nitrogens with zero attached hydrogens (tertiary/aromatic N) is 2. The molecular formula is C27H36FN3O4. The van der Waals surface area contributed by atoms with Crippen LogP contribution >= 0.6 is 0 Å². The van der Waals surface area contributed by atoms with E-state index in [9.17, 15) is 9.59 Å². The molecule has 2 aromatic rings. The van der Waals surface area contributed by atoms with Crippen LogP contribution in [0.3, 0.4) is 0 Å². The molecule has 7 nitrogen and oxygen atoms in total. The van der Waals surface area contributed by atoms with Gasteiger partial charge in [0, 0.05) is 12.7 Å². The lowest BCUT2D eigenvalue weighted by molar-refractivity contribution is 0.0406. The first-order chi connectivity index (χ1) is 16.3. The van der Waals surface area contributed by atoms with Gasteiger partial charge in [-0.25, -0.2) is 9.18 Å². The van der Waals surface area contributed by atoms with Gasteiger partial charge in [-0.1, -0.05) is 19.9 Å². The van der Waals surface area contributed by atoms with Crippen molar-refractivity contribution >= 4 is 12.0 Å². The van der Waals surface area contributed by atoms with Gasteiger partial charge in [0.1, 0.15) is 12.2 Å². The lowest BCUT2D eigenvalue weighted by atomic mass is 9.91. The van der Waals surface area contributed by atoms with Crippen molar-refractivity contribution in [2.45, 2.75) is 72.6 Å². The summed E-state index contributed by atoms with van der Waals surface area (Å²) in [6.07, 6.45) is 1.71. The topological polar surface area (TPSA) is 80.8 Å². The summed E-state index contributed by atoms with van der Waals surface area (Å²) < 4.78 is 26.3. The molecule has 3 rings (SSSR count). The molecule has 0 fully saturated rings. The van der Waals surface area contributed by atoms with Gasteiger partial charge < -0.3 is 19.7 Å². The van der Waals surface area contributed by atoms with E-state index in [-0.39, 0.29) is 24.2 Å². The summed E-state index contributed by atoms with van der Waals surface area (Å²) in [7, 11) is 0. The number of alkyl carbamates (subject to hydrolysis) is 1. The second kappa shape index (κ2) is 10.2. The molecule has 0 saturated carbocycles. The van der Waals surface area contributed by atoms with Gasteiger partial charge in [-0.2, -0.15) is 0 Å². The highest BCUT2D eigenvalue weighted by molar-refractivity contribution is 6.04. The average molecular weight is 486 g/mol. The summed E-state index contributed by atoms with van der Waals surface area (Å²) in [5.41, 5.74) is 1.06. The fraction of sp³-hybridized carbons (Fsp3) is 0.519. The van der Waals surface area contributed by atoms with Crippen LogP contribution in [-0.4, -0.2) is 46.2 Å². The van der Waals surface area contributed by atoms with Crippen molar-refractivity contribution in [3.8, 4) is 16.9 Å². The maximum atomic E-state index is 15.1. The highest BCUT2D eigenvalue weighted by Gasteiger charge is 2.32. The number of halogens is 1. The second-order valence-corrected chi connectivity index (χ2v) is 10.7. The number of benzene rings is 1. The van der Waals surface area contributed by atoms with Crippen molar-refractivity contribution in [1.82, 2.24) is 15.2 Å². The Morgan fingerprint density at radius 3 is 2.54 bits per heavy atom. The molecule has 0 aliphatic carbocycles. The van der Waals surface area contributed by atoms with Gasteiger partial charge in [0.05, 0.1) is 23.3 Å². The number of carbonyl (C=O) groups excluding carboxylic acids is 2. The minimum Gasteiger partial charge on any atom is -0.488 e. The molecule has 35 heavy (non-hydrogen) atoms. The highest BCUT2D eigenvalue weighted by Crippen LogP contribution is 2.33. The zero-order chi connectivity index (χ0) is 26.0. The molecule has 2 heterocycles. The molecule has 0 unspecified atom stereocenters. The SMILES string of the molecule is CCN1Cc2nccc(-c3ccc(OC[C@](C)(CC(C)C)NC(=O)OC(C)(C)C)c(F)c3)c2C1=O. The van der Waals surface area contributed by atoms with Gasteiger partial charge >= 0.3 is 6.09 Å². The lowest BCUT2D eigenvalue weighted by Gasteiger charge is -2.33. The summed E-state index contributed by atoms with van der Waals surface area (Å²) >= 11 is 0. The standard InChI is InChI=1S/C27H36FN3O4/c1-8-31-15-21-23(24(31)32)19(11-12-29-21)18-9-10-22(20(28)13-18)34-16-27(7,14-17(2)3)30-25(33)35-26(4,5)6/h9-13,17H,8,14-16H2,1-7H3,(H,30,33)/t27-/m0/s1. The number of pyridine rings is 1. The number of hydrogen-bond donors (Lipinski definition) is 1. The summed E-state index contributed by atoms with van der Waals surface area (Å²) in [4.78, 5) is 31.2. The quantitative estimate of drug-likeness (QED) is 0.529. The van der Waals surface area contributed by atoms with E-state index in [1.165, 1.54) is 6.07 Å². The van der Waals surface area contributed by atoms with Gasteiger partial charge in [0.2, 0.25) is 0 Å². The van der Waals surface area contributed by atoms with E-state index in [0.717, 1.165) is 0 Å². The first-order valence-corrected chi connectivity index (χ1v) is 12.0. The smallest absolute Gasteiger partial charge is 0.408 e. The van der Waals surface area contributed by atoms with Gasteiger partial charge in [0.15, 0.2) is 11.6 Å². The molecule has 2 amide bonds. The van der Waals surface area contributed by atoms with Crippen LogP contribution in [0.2, 0.25) is 0 Å². The number of carbonyl (C=O) groups is 2. The van der Waals surface area contributed by atoms with Crippen LogP contribution in [0.5, 0.6) is 5.75 Å². The van der Waals surface area contributed by atoms with Crippen molar-refractivity contribution in [2.24, 2.45) is 5.92 Å². The van der Waals surface area contributed by atoms with Crippen molar-refractivity contribution in [3.63, 3.8) is 0 Å². The van der Waals surface area contributed by atoms with Crippen LogP contribution < -0.4 is 10.1 Å². The number of ether oxygens (including phenoxy) is 2. The number of rotatable bonds is 8. The highest BCUT2D eigenvalue weighted by atomic mass is 19.1. The Hall–Kier alpha value is -3.16. The Morgan fingerprint density at radius 1 is 1.23 bits per heavy atom. The van der Waals surface area contributed by atoms with E-state index in [1.807, 2.05) is 27.7 Å². The number of aromatic nitrogens is 1. The van der Waals surface area contributed by atoms with Crippen LogP contribution in [0, 0.1) is 11.7 Å². The first kappa shape index (κ1) is 26.4. The van der Waals surface area contributed by atoms with Crippen LogP contribution in [0.25, 0.3) is 11.1 Å². The summed E-state index contributed by atoms with van der Waals surface area (Å²) in [6, 6.07) is 6.39. The number of nitrogens with one attached hydrogen (secondary N) is 1. The zero-order valence-corrected chi connectivity index (χ0v) is 21.7. The average Bonchev–Trinajstić information content (AvgIpc) is 3.06. The molecule has 0 spiro atoms. The van der Waals surface area contributed by atoms with Crippen LogP contribution in [0.1, 0.15) is 70.9 Å². The van der Waals surface area contributed by atoms with E-state index >= 15 is 4.39 Å². The minimum absolute atomic E-state index is 0.0648. The molecule has 1 N–H and O–H groups in total. The molecule has 0 radical (unpaired) electrons. The first-order valence-electron chi connectivity index (χ1n) is 12.0. The molecule has 1 aromatic heterocycles. The Kier molecular flexibility index (Phi) is 7.72. The minimum atomic E-state index is -0.760. The summed E-state index contributed by atoms with van der Waals surface area (Å²) in [5.74, 6) is -0.305.